The molecule has 0 aliphatic heterocycles. The molecular formula is C20H28BrNO4S. The van der Waals surface area contributed by atoms with Crippen LogP contribution in [0.1, 0.15) is 45.2 Å². The zero-order valence-electron chi connectivity index (χ0n) is 17.0. The Balaban J connectivity index is 3.17. The molecular weight excluding hydrogens is 430 g/mol. The van der Waals surface area contributed by atoms with E-state index < -0.39 is 12.0 Å². The van der Waals surface area contributed by atoms with Crippen molar-refractivity contribution in [2.45, 2.75) is 54.0 Å². The number of amides is 1. The average Bonchev–Trinajstić information content (AvgIpc) is 2.57. The minimum atomic E-state index is -0.799. The summed E-state index contributed by atoms with van der Waals surface area (Å²) in [6.07, 6.45) is 0.381. The second-order valence-corrected chi connectivity index (χ2v) is 9.59. The number of rotatable bonds is 6. The molecule has 0 fully saturated rings. The van der Waals surface area contributed by atoms with E-state index in [0.29, 0.717) is 12.1 Å². The fourth-order valence-electron chi connectivity index (χ4n) is 2.69. The number of carbonyl (C=O) groups excluding carboxylic acids is 3. The van der Waals surface area contributed by atoms with Gasteiger partial charge in [0.25, 0.3) is 0 Å². The van der Waals surface area contributed by atoms with Crippen LogP contribution in [0.2, 0.25) is 0 Å². The SMILES string of the molecule is COC(=O)C(C)N(C(=O)CSC(=O)CC(C)(C)C)c1c(C)ccc(Br)c1C. The van der Waals surface area contributed by atoms with Gasteiger partial charge in [-0.2, -0.15) is 0 Å². The second kappa shape index (κ2) is 9.73. The van der Waals surface area contributed by atoms with Gasteiger partial charge in [0, 0.05) is 10.9 Å². The molecule has 0 aliphatic rings. The lowest BCUT2D eigenvalue weighted by molar-refractivity contribution is -0.142. The number of hydrogen-bond acceptors (Lipinski definition) is 5. The molecule has 150 valence electrons. The quantitative estimate of drug-likeness (QED) is 0.581. The predicted molar refractivity (Wildman–Crippen MR) is 114 cm³/mol. The van der Waals surface area contributed by atoms with Crippen LogP contribution in [0, 0.1) is 19.3 Å². The van der Waals surface area contributed by atoms with Crippen LogP contribution in [0.5, 0.6) is 0 Å². The van der Waals surface area contributed by atoms with E-state index >= 15 is 0 Å². The van der Waals surface area contributed by atoms with Crippen molar-refractivity contribution >= 4 is 50.4 Å². The van der Waals surface area contributed by atoms with Gasteiger partial charge in [-0.3, -0.25) is 14.5 Å². The van der Waals surface area contributed by atoms with E-state index in [-0.39, 0.29) is 22.2 Å². The van der Waals surface area contributed by atoms with Crippen LogP contribution < -0.4 is 4.90 Å². The Morgan fingerprint density at radius 3 is 2.33 bits per heavy atom. The fourth-order valence-corrected chi connectivity index (χ4v) is 3.97. The van der Waals surface area contributed by atoms with Crippen LogP contribution >= 0.6 is 27.7 Å². The highest BCUT2D eigenvalue weighted by atomic mass is 79.9. The monoisotopic (exact) mass is 457 g/mol. The van der Waals surface area contributed by atoms with Crippen LogP contribution in [-0.4, -0.2) is 35.9 Å². The molecule has 0 aliphatic carbocycles. The van der Waals surface area contributed by atoms with Crippen LogP contribution in [0.15, 0.2) is 16.6 Å². The molecule has 1 unspecified atom stereocenters. The smallest absolute Gasteiger partial charge is 0.328 e. The van der Waals surface area contributed by atoms with E-state index in [4.69, 9.17) is 4.74 Å². The molecule has 0 saturated heterocycles. The van der Waals surface area contributed by atoms with Crippen LogP contribution in [0.3, 0.4) is 0 Å². The summed E-state index contributed by atoms with van der Waals surface area (Å²) in [7, 11) is 1.30. The number of benzene rings is 1. The lowest BCUT2D eigenvalue weighted by Gasteiger charge is -2.30. The summed E-state index contributed by atoms with van der Waals surface area (Å²) in [6.45, 7) is 11.3. The maximum absolute atomic E-state index is 13.0. The van der Waals surface area contributed by atoms with E-state index in [1.54, 1.807) is 6.92 Å². The van der Waals surface area contributed by atoms with Crippen molar-refractivity contribution < 1.29 is 19.1 Å². The van der Waals surface area contributed by atoms with Gasteiger partial charge in [0.05, 0.1) is 18.6 Å². The molecule has 1 aromatic rings. The van der Waals surface area contributed by atoms with Crippen molar-refractivity contribution in [2.75, 3.05) is 17.8 Å². The molecule has 1 atom stereocenters. The third-order valence-corrected chi connectivity index (χ3v) is 5.75. The predicted octanol–water partition coefficient (Wildman–Crippen LogP) is 4.66. The summed E-state index contributed by atoms with van der Waals surface area (Å²) in [5.74, 6) is -0.834. The minimum absolute atomic E-state index is 0.0261. The summed E-state index contributed by atoms with van der Waals surface area (Å²) in [6, 6.07) is 2.99. The Morgan fingerprint density at radius 1 is 1.22 bits per heavy atom. The van der Waals surface area contributed by atoms with Gasteiger partial charge < -0.3 is 4.74 Å². The van der Waals surface area contributed by atoms with Gasteiger partial charge in [-0.1, -0.05) is 54.5 Å². The van der Waals surface area contributed by atoms with E-state index in [1.165, 1.54) is 12.0 Å². The number of aryl methyl sites for hydroxylation is 1. The Bertz CT molecular complexity index is 727. The molecule has 0 bridgehead atoms. The Hall–Kier alpha value is -1.34. The number of esters is 1. The summed E-state index contributed by atoms with van der Waals surface area (Å²) in [4.78, 5) is 38.8. The summed E-state index contributed by atoms with van der Waals surface area (Å²) >= 11 is 4.48. The van der Waals surface area contributed by atoms with Crippen molar-refractivity contribution in [1.29, 1.82) is 0 Å². The van der Waals surface area contributed by atoms with Gasteiger partial charge >= 0.3 is 5.97 Å². The van der Waals surface area contributed by atoms with Crippen molar-refractivity contribution in [1.82, 2.24) is 0 Å². The normalized spacial score (nSPS) is 12.4. The highest BCUT2D eigenvalue weighted by Gasteiger charge is 2.31. The molecule has 0 saturated carbocycles. The highest BCUT2D eigenvalue weighted by Crippen LogP contribution is 2.33. The minimum Gasteiger partial charge on any atom is -0.467 e. The van der Waals surface area contributed by atoms with Gasteiger partial charge in [0.1, 0.15) is 6.04 Å². The fraction of sp³-hybridized carbons (Fsp3) is 0.550. The molecule has 0 aromatic heterocycles. The van der Waals surface area contributed by atoms with Crippen LogP contribution in [0.25, 0.3) is 0 Å². The summed E-state index contributed by atoms with van der Waals surface area (Å²) < 4.78 is 5.69. The first-order valence-electron chi connectivity index (χ1n) is 8.70. The first kappa shape index (κ1) is 23.7. The number of hydrogen-bond donors (Lipinski definition) is 0. The molecule has 7 heteroatoms. The van der Waals surface area contributed by atoms with Gasteiger partial charge in [0.2, 0.25) is 5.91 Å². The van der Waals surface area contributed by atoms with Gasteiger partial charge in [-0.25, -0.2) is 4.79 Å². The first-order valence-corrected chi connectivity index (χ1v) is 10.5. The van der Waals surface area contributed by atoms with E-state index in [9.17, 15) is 14.4 Å². The van der Waals surface area contributed by atoms with Crippen molar-refractivity contribution in [3.63, 3.8) is 0 Å². The number of methoxy groups -OCH3 is 1. The van der Waals surface area contributed by atoms with E-state index in [2.05, 4.69) is 15.9 Å². The highest BCUT2D eigenvalue weighted by molar-refractivity contribution is 9.10. The molecule has 1 rings (SSSR count). The zero-order valence-corrected chi connectivity index (χ0v) is 19.4. The third-order valence-electron chi connectivity index (χ3n) is 4.04. The van der Waals surface area contributed by atoms with E-state index in [1.807, 2.05) is 46.8 Å². The van der Waals surface area contributed by atoms with Crippen molar-refractivity contribution in [3.8, 4) is 0 Å². The standard InChI is InChI=1S/C20H28BrNO4S/c1-12-8-9-15(21)13(2)18(12)22(14(3)19(25)26-7)16(23)11-27-17(24)10-20(4,5)6/h8-9,14H,10-11H2,1-7H3. The van der Waals surface area contributed by atoms with Crippen LogP contribution in [-0.2, 0) is 19.1 Å². The maximum atomic E-state index is 13.0. The average molecular weight is 458 g/mol. The summed E-state index contributed by atoms with van der Waals surface area (Å²) in [5.41, 5.74) is 2.25. The molecule has 0 N–H and O–H groups in total. The van der Waals surface area contributed by atoms with Crippen molar-refractivity contribution in [2.24, 2.45) is 5.41 Å². The molecule has 27 heavy (non-hydrogen) atoms. The second-order valence-electron chi connectivity index (χ2n) is 7.70. The maximum Gasteiger partial charge on any atom is 0.328 e. The van der Waals surface area contributed by atoms with E-state index in [0.717, 1.165) is 27.4 Å². The van der Waals surface area contributed by atoms with Crippen LogP contribution in [0.4, 0.5) is 5.69 Å². The number of anilines is 1. The molecule has 0 heterocycles. The number of ether oxygens (including phenoxy) is 1. The first-order chi connectivity index (χ1) is 12.4. The third kappa shape index (κ3) is 6.64. The Kier molecular flexibility index (Phi) is 8.54. The lowest BCUT2D eigenvalue weighted by Crippen LogP contribution is -2.46. The van der Waals surface area contributed by atoms with Gasteiger partial charge in [-0.05, 0) is 43.4 Å². The number of nitrogens with zero attached hydrogens (tertiary/aromatic N) is 1. The number of thioether (sulfide) groups is 1. The number of carbonyl (C=O) groups is 3. The largest absolute Gasteiger partial charge is 0.467 e. The Labute approximate surface area is 174 Å². The molecule has 0 spiro atoms. The van der Waals surface area contributed by atoms with Gasteiger partial charge in [0.15, 0.2) is 5.12 Å². The van der Waals surface area contributed by atoms with Crippen molar-refractivity contribution in [3.05, 3.63) is 27.7 Å². The Morgan fingerprint density at radius 2 is 1.81 bits per heavy atom. The summed E-state index contributed by atoms with van der Waals surface area (Å²) in [5, 5.41) is -0.0378. The molecule has 1 aromatic carbocycles. The topological polar surface area (TPSA) is 63.7 Å². The molecule has 5 nitrogen and oxygen atoms in total. The zero-order chi connectivity index (χ0) is 20.9. The molecule has 1 amide bonds. The van der Waals surface area contributed by atoms with Gasteiger partial charge in [-0.15, -0.1) is 0 Å². The number of halogens is 1. The molecule has 0 radical (unpaired) electrons. The lowest BCUT2D eigenvalue weighted by atomic mass is 9.93.